The molecule has 1 aromatic heterocycles. The lowest BCUT2D eigenvalue weighted by Gasteiger charge is -2.20. The number of alkyl halides is 2. The highest BCUT2D eigenvalue weighted by Gasteiger charge is 2.39. The summed E-state index contributed by atoms with van der Waals surface area (Å²) in [5.41, 5.74) is 0.324. The van der Waals surface area contributed by atoms with Gasteiger partial charge in [-0.2, -0.15) is 8.78 Å². The molecule has 2 aliphatic rings. The minimum Gasteiger partial charge on any atom is -0.347 e. The molecule has 2 saturated heterocycles. The van der Waals surface area contributed by atoms with Crippen LogP contribution in [-0.2, 0) is 4.79 Å². The number of rotatable bonds is 6. The summed E-state index contributed by atoms with van der Waals surface area (Å²) in [7, 11) is 0. The van der Waals surface area contributed by atoms with Crippen molar-refractivity contribution in [3.63, 3.8) is 0 Å². The minimum absolute atomic E-state index is 0.0875. The maximum atomic E-state index is 12.6. The summed E-state index contributed by atoms with van der Waals surface area (Å²) < 4.78 is 25.9. The molecule has 28 heavy (non-hydrogen) atoms. The van der Waals surface area contributed by atoms with Crippen LogP contribution in [-0.4, -0.2) is 36.4 Å². The monoisotopic (exact) mass is 423 g/mol. The van der Waals surface area contributed by atoms with Crippen LogP contribution in [0.1, 0.15) is 28.9 Å². The molecule has 1 aromatic carbocycles. The molecule has 2 aromatic rings. The van der Waals surface area contributed by atoms with E-state index >= 15 is 0 Å². The van der Waals surface area contributed by atoms with Crippen LogP contribution in [0.2, 0.25) is 0 Å². The second-order valence-electron chi connectivity index (χ2n) is 6.87. The van der Waals surface area contributed by atoms with Crippen molar-refractivity contribution in [1.29, 1.82) is 0 Å². The van der Waals surface area contributed by atoms with Crippen LogP contribution in [0.5, 0.6) is 0 Å². The van der Waals surface area contributed by atoms with Crippen molar-refractivity contribution in [3.05, 3.63) is 41.3 Å². The maximum Gasteiger partial charge on any atom is 0.315 e. The number of carbonyl (C=O) groups excluding carboxylic acids is 2. The van der Waals surface area contributed by atoms with Gasteiger partial charge < -0.3 is 16.0 Å². The zero-order chi connectivity index (χ0) is 19.7. The Bertz CT molecular complexity index is 890. The van der Waals surface area contributed by atoms with E-state index in [1.165, 1.54) is 29.5 Å². The molecule has 0 saturated carbocycles. The quantitative estimate of drug-likeness (QED) is 0.662. The van der Waals surface area contributed by atoms with E-state index in [0.29, 0.717) is 27.5 Å². The summed E-state index contributed by atoms with van der Waals surface area (Å²) in [5, 5.41) is 8.84. The fourth-order valence-corrected chi connectivity index (χ4v) is 5.75. The first-order valence-electron chi connectivity index (χ1n) is 9.02. The van der Waals surface area contributed by atoms with E-state index in [2.05, 4.69) is 16.0 Å². The molecule has 3 N–H and O–H groups in total. The lowest BCUT2D eigenvalue weighted by atomic mass is 9.95. The smallest absolute Gasteiger partial charge is 0.315 e. The van der Waals surface area contributed by atoms with Crippen LogP contribution in [0.25, 0.3) is 0 Å². The van der Waals surface area contributed by atoms with Crippen molar-refractivity contribution in [3.8, 4) is 0 Å². The highest BCUT2D eigenvalue weighted by molar-refractivity contribution is 8.01. The van der Waals surface area contributed by atoms with Gasteiger partial charge in [-0.1, -0.05) is 23.9 Å². The lowest BCUT2D eigenvalue weighted by molar-refractivity contribution is -0.126. The van der Waals surface area contributed by atoms with Gasteiger partial charge in [0.2, 0.25) is 0 Å². The van der Waals surface area contributed by atoms with Crippen molar-refractivity contribution in [1.82, 2.24) is 10.6 Å². The Morgan fingerprint density at radius 3 is 2.71 bits per heavy atom. The van der Waals surface area contributed by atoms with E-state index in [1.54, 1.807) is 30.3 Å². The van der Waals surface area contributed by atoms with E-state index in [1.807, 2.05) is 6.07 Å². The number of amides is 2. The Morgan fingerprint density at radius 2 is 2.00 bits per heavy atom. The highest BCUT2D eigenvalue weighted by atomic mass is 32.2. The SMILES string of the molecule is O=C(N[C@@H]1C[C@H]2CC[C@@H]1N2)c1ccc(Sc2ccccc2NC(=O)C(F)F)s1. The standard InChI is InChI=1S/C19H19F2N3O2S2/c20-17(21)19(26)23-12-3-1-2-4-14(12)27-16-8-7-15(28-16)18(25)24-13-9-10-5-6-11(13)22-10/h1-4,7-8,10-11,13,17,22H,5-6,9H2,(H,23,26)(H,24,25)/t10-,11+,13-/m1/s1. The van der Waals surface area contributed by atoms with Crippen LogP contribution in [0.3, 0.4) is 0 Å². The zero-order valence-electron chi connectivity index (χ0n) is 14.8. The largest absolute Gasteiger partial charge is 0.347 e. The molecular weight excluding hydrogens is 404 g/mol. The molecular formula is C19H19F2N3O2S2. The third kappa shape index (κ3) is 4.21. The molecule has 2 aliphatic heterocycles. The fraction of sp³-hybridized carbons (Fsp3) is 0.368. The van der Waals surface area contributed by atoms with Crippen LogP contribution >= 0.6 is 23.1 Å². The zero-order valence-corrected chi connectivity index (χ0v) is 16.4. The molecule has 5 nitrogen and oxygen atoms in total. The molecule has 0 unspecified atom stereocenters. The van der Waals surface area contributed by atoms with Crippen molar-refractivity contribution in [2.45, 2.75) is 52.9 Å². The summed E-state index contributed by atoms with van der Waals surface area (Å²) in [6, 6.07) is 11.4. The molecule has 0 aliphatic carbocycles. The number of carbonyl (C=O) groups is 2. The van der Waals surface area contributed by atoms with E-state index in [-0.39, 0.29) is 11.9 Å². The minimum atomic E-state index is -3.07. The first-order chi connectivity index (χ1) is 13.5. The van der Waals surface area contributed by atoms with Gasteiger partial charge in [0.1, 0.15) is 0 Å². The molecule has 2 amide bonds. The van der Waals surface area contributed by atoms with Crippen LogP contribution in [0.15, 0.2) is 45.5 Å². The second-order valence-corrected chi connectivity index (χ2v) is 9.30. The van der Waals surface area contributed by atoms with Crippen molar-refractivity contribution in [2.24, 2.45) is 0 Å². The van der Waals surface area contributed by atoms with Crippen molar-refractivity contribution >= 4 is 40.6 Å². The van der Waals surface area contributed by atoms with Gasteiger partial charge in [0.15, 0.2) is 0 Å². The van der Waals surface area contributed by atoms with Gasteiger partial charge in [-0.25, -0.2) is 0 Å². The maximum absolute atomic E-state index is 12.6. The number of benzene rings is 1. The van der Waals surface area contributed by atoms with Crippen LogP contribution < -0.4 is 16.0 Å². The number of thiophene rings is 1. The third-order valence-corrected chi connectivity index (χ3v) is 7.27. The number of halogens is 2. The number of hydrogen-bond donors (Lipinski definition) is 3. The second kappa shape index (κ2) is 8.18. The van der Waals surface area contributed by atoms with Crippen molar-refractivity contribution in [2.75, 3.05) is 5.32 Å². The first kappa shape index (κ1) is 19.4. The summed E-state index contributed by atoms with van der Waals surface area (Å²) in [6.07, 6.45) is 0.178. The van der Waals surface area contributed by atoms with E-state index in [9.17, 15) is 18.4 Å². The topological polar surface area (TPSA) is 70.2 Å². The van der Waals surface area contributed by atoms with E-state index in [4.69, 9.17) is 0 Å². The van der Waals surface area contributed by atoms with Gasteiger partial charge in [0, 0.05) is 23.0 Å². The van der Waals surface area contributed by atoms with E-state index < -0.39 is 12.3 Å². The van der Waals surface area contributed by atoms with Crippen molar-refractivity contribution < 1.29 is 18.4 Å². The molecule has 3 atom stereocenters. The van der Waals surface area contributed by atoms with E-state index in [0.717, 1.165) is 17.1 Å². The highest BCUT2D eigenvalue weighted by Crippen LogP contribution is 2.37. The van der Waals surface area contributed by atoms with Crippen LogP contribution in [0, 0.1) is 0 Å². The average molecular weight is 424 g/mol. The average Bonchev–Trinajstić information content (AvgIpc) is 3.40. The third-order valence-electron chi connectivity index (χ3n) is 4.98. The Kier molecular flexibility index (Phi) is 5.65. The summed E-state index contributed by atoms with van der Waals surface area (Å²) >= 11 is 2.67. The first-order valence-corrected chi connectivity index (χ1v) is 10.7. The van der Waals surface area contributed by atoms with Gasteiger partial charge in [-0.15, -0.1) is 11.3 Å². The number of anilines is 1. The molecule has 148 valence electrons. The molecule has 2 fully saturated rings. The Morgan fingerprint density at radius 1 is 1.18 bits per heavy atom. The normalized spacial score (nSPS) is 23.2. The molecule has 3 heterocycles. The number of nitrogens with one attached hydrogen (secondary N) is 3. The number of hydrogen-bond acceptors (Lipinski definition) is 5. The molecule has 2 bridgehead atoms. The van der Waals surface area contributed by atoms with Gasteiger partial charge in [-0.05, 0) is 43.5 Å². The van der Waals surface area contributed by atoms with Gasteiger partial charge in [0.05, 0.1) is 14.8 Å². The Hall–Kier alpha value is -1.97. The summed E-state index contributed by atoms with van der Waals surface area (Å²) in [6.45, 7) is 0. The van der Waals surface area contributed by atoms with Gasteiger partial charge >= 0.3 is 6.43 Å². The molecule has 0 spiro atoms. The Labute approximate surface area is 169 Å². The molecule has 4 rings (SSSR count). The Balaban J connectivity index is 1.41. The molecule has 9 heteroatoms. The van der Waals surface area contributed by atoms with Gasteiger partial charge in [-0.3, -0.25) is 9.59 Å². The predicted molar refractivity (Wildman–Crippen MR) is 105 cm³/mol. The van der Waals surface area contributed by atoms with Crippen LogP contribution in [0.4, 0.5) is 14.5 Å². The lowest BCUT2D eigenvalue weighted by Crippen LogP contribution is -2.42. The number of para-hydroxylation sites is 1. The predicted octanol–water partition coefficient (Wildman–Crippen LogP) is 3.73. The summed E-state index contributed by atoms with van der Waals surface area (Å²) in [4.78, 5) is 25.1. The summed E-state index contributed by atoms with van der Waals surface area (Å²) in [5.74, 6) is -1.42. The van der Waals surface area contributed by atoms with Gasteiger partial charge in [0.25, 0.3) is 11.8 Å². The fourth-order valence-electron chi connectivity index (χ4n) is 3.67. The molecule has 0 radical (unpaired) electrons. The number of fused-ring (bicyclic) bond motifs is 2.